The van der Waals surface area contributed by atoms with E-state index >= 15 is 0 Å². The van der Waals surface area contributed by atoms with Gasteiger partial charge in [0.05, 0.1) is 44.2 Å². The Labute approximate surface area is 369 Å². The van der Waals surface area contributed by atoms with E-state index in [9.17, 15) is 51.1 Å². The van der Waals surface area contributed by atoms with Crippen LogP contribution in [-0.4, -0.2) is 187 Å². The van der Waals surface area contributed by atoms with Crippen LogP contribution in [0.4, 0.5) is 0 Å². The molecule has 0 radical (unpaired) electrons. The van der Waals surface area contributed by atoms with Gasteiger partial charge in [0.2, 0.25) is 0 Å². The van der Waals surface area contributed by atoms with Crippen molar-refractivity contribution in [3.63, 3.8) is 0 Å². The van der Waals surface area contributed by atoms with Crippen molar-refractivity contribution < 1.29 is 89.0 Å². The Morgan fingerprint density at radius 3 is 1.95 bits per heavy atom. The topological polar surface area (TPSA) is 276 Å². The van der Waals surface area contributed by atoms with Crippen molar-refractivity contribution in [3.05, 3.63) is 0 Å². The minimum atomic E-state index is -1.85. The van der Waals surface area contributed by atoms with E-state index in [0.717, 1.165) is 51.6 Å². The second-order valence-electron chi connectivity index (χ2n) is 21.7. The first-order valence-electron chi connectivity index (χ1n) is 23.8. The summed E-state index contributed by atoms with van der Waals surface area (Å²) < 4.78 is 49.7. The lowest BCUT2D eigenvalue weighted by Crippen LogP contribution is -2.67. The average Bonchev–Trinajstić information content (AvgIpc) is 3.70. The molecule has 9 fully saturated rings. The third-order valence-corrected chi connectivity index (χ3v) is 18.3. The second-order valence-corrected chi connectivity index (χ2v) is 21.7. The summed E-state index contributed by atoms with van der Waals surface area (Å²) in [6.07, 6.45) is -17.0. The maximum absolute atomic E-state index is 12.1. The van der Waals surface area contributed by atoms with Crippen molar-refractivity contribution in [3.8, 4) is 0 Å². The van der Waals surface area contributed by atoms with Crippen molar-refractivity contribution in [2.45, 2.75) is 209 Å². The number of aliphatic hydroxyl groups excluding tert-OH is 10. The third-order valence-electron chi connectivity index (χ3n) is 18.3. The second kappa shape index (κ2) is 17.7. The predicted octanol–water partition coefficient (Wildman–Crippen LogP) is -0.735. The summed E-state index contributed by atoms with van der Waals surface area (Å²) >= 11 is 0. The van der Waals surface area contributed by atoms with Crippen LogP contribution in [0.15, 0.2) is 0 Å². The van der Waals surface area contributed by atoms with Gasteiger partial charge in [0.1, 0.15) is 67.1 Å². The molecule has 28 atom stereocenters. The van der Waals surface area contributed by atoms with Crippen molar-refractivity contribution in [2.75, 3.05) is 19.8 Å². The number of aliphatic hydroxyl groups is 10. The summed E-state index contributed by atoms with van der Waals surface area (Å²) in [7, 11) is 0. The summed E-state index contributed by atoms with van der Waals surface area (Å²) in [6, 6.07) is 0. The Bertz CT molecular complexity index is 1580. The van der Waals surface area contributed by atoms with Gasteiger partial charge in [0, 0.05) is 12.3 Å². The Morgan fingerprint density at radius 2 is 1.27 bits per heavy atom. The fourth-order valence-electron chi connectivity index (χ4n) is 14.7. The fraction of sp³-hybridized carbons (Fsp3) is 1.00. The normalized spacial score (nSPS) is 59.4. The summed E-state index contributed by atoms with van der Waals surface area (Å²) in [4.78, 5) is 0. The zero-order chi connectivity index (χ0) is 45.1. The first-order valence-corrected chi connectivity index (χ1v) is 23.8. The number of ether oxygens (including phenoxy) is 8. The van der Waals surface area contributed by atoms with Crippen LogP contribution in [0.25, 0.3) is 0 Å². The van der Waals surface area contributed by atoms with Crippen molar-refractivity contribution in [1.29, 1.82) is 0 Å². The first-order chi connectivity index (χ1) is 29.8. The highest BCUT2D eigenvalue weighted by molar-refractivity contribution is 5.16. The summed E-state index contributed by atoms with van der Waals surface area (Å²) in [5.74, 6) is 2.45. The first kappa shape index (κ1) is 47.4. The van der Waals surface area contributed by atoms with Crippen LogP contribution >= 0.6 is 0 Å². The molecule has 5 saturated heterocycles. The van der Waals surface area contributed by atoms with Crippen LogP contribution in [-0.2, 0) is 37.9 Å². The summed E-state index contributed by atoms with van der Waals surface area (Å²) in [5.41, 5.74) is -0.0296. The maximum atomic E-state index is 12.1. The Balaban J connectivity index is 0.916. The molecule has 9 aliphatic rings. The van der Waals surface area contributed by atoms with E-state index < -0.39 is 123 Å². The molecular formula is C45H74O18. The van der Waals surface area contributed by atoms with Gasteiger partial charge < -0.3 is 89.0 Å². The molecule has 5 heterocycles. The molecule has 0 amide bonds. The van der Waals surface area contributed by atoms with Gasteiger partial charge in [0.15, 0.2) is 24.7 Å². The van der Waals surface area contributed by atoms with Crippen molar-refractivity contribution >= 4 is 0 Å². The lowest BCUT2D eigenvalue weighted by atomic mass is 9.44. The molecule has 0 aromatic carbocycles. The Morgan fingerprint density at radius 1 is 0.603 bits per heavy atom. The molecule has 4 saturated carbocycles. The lowest BCUT2D eigenvalue weighted by molar-refractivity contribution is -0.392. The Hall–Kier alpha value is -0.720. The number of rotatable bonds is 8. The minimum absolute atomic E-state index is 0.145. The molecule has 5 aliphatic heterocycles. The van der Waals surface area contributed by atoms with Gasteiger partial charge in [-0.05, 0) is 105 Å². The SMILES string of the molecule is C[C@@H]1CC[C@@]2(OC1)O[C@H]1C[C@H]3[C@@H]4CC[C@H]5C[C@@H](O[C@@H]6O[C@H](CO)[C@H](O[C@@H]7O[C@H](CO)[C@@H](O)[C@H](O)[C@H]7O)[C@H](O)[C@H]6O[C@@H]6O[C@@H](C)[C@H](O)[C@@H](O)[C@H]6O)[C@H](O)C[C@]5(C)[C@H]4CC[C@]3(C)[C@H]1[C@@H]2C. The zero-order valence-corrected chi connectivity index (χ0v) is 37.2. The van der Waals surface area contributed by atoms with Gasteiger partial charge in [0.25, 0.3) is 0 Å². The monoisotopic (exact) mass is 902 g/mol. The van der Waals surface area contributed by atoms with Crippen LogP contribution in [0, 0.1) is 52.3 Å². The molecule has 18 heteroatoms. The zero-order valence-electron chi connectivity index (χ0n) is 37.2. The molecule has 1 spiro atoms. The van der Waals surface area contributed by atoms with E-state index in [1.54, 1.807) is 0 Å². The average molecular weight is 903 g/mol. The molecule has 63 heavy (non-hydrogen) atoms. The largest absolute Gasteiger partial charge is 0.394 e. The molecule has 18 nitrogen and oxygen atoms in total. The summed E-state index contributed by atoms with van der Waals surface area (Å²) in [6.45, 7) is 10.2. The number of hydrogen-bond donors (Lipinski definition) is 10. The predicted molar refractivity (Wildman–Crippen MR) is 216 cm³/mol. The molecule has 0 bridgehead atoms. The van der Waals surface area contributed by atoms with Gasteiger partial charge in [-0.2, -0.15) is 0 Å². The van der Waals surface area contributed by atoms with E-state index in [1.807, 2.05) is 0 Å². The van der Waals surface area contributed by atoms with E-state index in [1.165, 1.54) is 6.92 Å². The Kier molecular flexibility index (Phi) is 13.3. The molecule has 10 N–H and O–H groups in total. The van der Waals surface area contributed by atoms with Gasteiger partial charge in [-0.3, -0.25) is 0 Å². The van der Waals surface area contributed by atoms with E-state index in [-0.39, 0.29) is 22.9 Å². The quantitative estimate of drug-likeness (QED) is 0.134. The molecule has 362 valence electrons. The number of fused-ring (bicyclic) bond motifs is 7. The van der Waals surface area contributed by atoms with Crippen LogP contribution in [0.5, 0.6) is 0 Å². The van der Waals surface area contributed by atoms with E-state index in [0.29, 0.717) is 48.3 Å². The van der Waals surface area contributed by atoms with Crippen LogP contribution < -0.4 is 0 Å². The number of hydrogen-bond acceptors (Lipinski definition) is 18. The van der Waals surface area contributed by atoms with Crippen molar-refractivity contribution in [1.82, 2.24) is 0 Å². The standard InChI is InChI=1S/C45H74O18/c1-18-8-11-45(56-17-18)19(2)30-27(63-45)13-24-22-7-6-21-12-26(25(48)14-44(21,5)23(22)9-10-43(24,30)4)58-42-39(62-40-35(53)33(51)31(49)20(3)57-40)37(55)38(29(16-47)60-42)61-41-36(54)34(52)32(50)28(15-46)59-41/h18-42,46-55H,6-17H2,1-5H3/t18-,19+,20+,21+,22-,23+,24+,25-,26-,27+,28-,29-,30+,31+,32-,33-,34+,35-,36-,37+,38+,39-,40+,41+,42-,43+,44+,45-/m1/s1. The highest BCUT2D eigenvalue weighted by Crippen LogP contribution is 2.71. The fourth-order valence-corrected chi connectivity index (χ4v) is 14.7. The van der Waals surface area contributed by atoms with Crippen LogP contribution in [0.1, 0.15) is 92.4 Å². The molecule has 0 aromatic rings. The van der Waals surface area contributed by atoms with Crippen molar-refractivity contribution in [2.24, 2.45) is 52.3 Å². The molecular weight excluding hydrogens is 828 g/mol. The highest BCUT2D eigenvalue weighted by atomic mass is 16.8. The van der Waals surface area contributed by atoms with Crippen LogP contribution in [0.3, 0.4) is 0 Å². The van der Waals surface area contributed by atoms with Crippen LogP contribution in [0.2, 0.25) is 0 Å². The maximum Gasteiger partial charge on any atom is 0.187 e. The summed E-state index contributed by atoms with van der Waals surface area (Å²) in [5, 5.41) is 108. The smallest absolute Gasteiger partial charge is 0.187 e. The third kappa shape index (κ3) is 7.79. The van der Waals surface area contributed by atoms with Gasteiger partial charge in [-0.1, -0.05) is 27.7 Å². The lowest BCUT2D eigenvalue weighted by Gasteiger charge is -2.62. The minimum Gasteiger partial charge on any atom is -0.394 e. The molecule has 9 rings (SSSR count). The highest BCUT2D eigenvalue weighted by Gasteiger charge is 2.69. The molecule has 4 aliphatic carbocycles. The van der Waals surface area contributed by atoms with Gasteiger partial charge in [-0.25, -0.2) is 0 Å². The molecule has 0 unspecified atom stereocenters. The van der Waals surface area contributed by atoms with E-state index in [4.69, 9.17) is 37.9 Å². The molecule has 0 aromatic heterocycles. The van der Waals surface area contributed by atoms with E-state index in [2.05, 4.69) is 27.7 Å². The van der Waals surface area contributed by atoms with Gasteiger partial charge in [-0.15, -0.1) is 0 Å². The van der Waals surface area contributed by atoms with Gasteiger partial charge >= 0.3 is 0 Å².